The van der Waals surface area contributed by atoms with Crippen molar-refractivity contribution in [1.82, 2.24) is 0 Å². The van der Waals surface area contributed by atoms with Crippen LogP contribution in [0.2, 0.25) is 0 Å². The van der Waals surface area contributed by atoms with Gasteiger partial charge in [0.05, 0.1) is 0 Å². The molecule has 6 bridgehead atoms. The first kappa shape index (κ1) is 22.8. The lowest BCUT2D eigenvalue weighted by Gasteiger charge is -2.33. The lowest BCUT2D eigenvalue weighted by Crippen LogP contribution is -2.26. The highest BCUT2D eigenvalue weighted by Crippen LogP contribution is 2.60. The summed E-state index contributed by atoms with van der Waals surface area (Å²) in [6.07, 6.45) is 18.3. The zero-order valence-corrected chi connectivity index (χ0v) is 22.7. The van der Waals surface area contributed by atoms with Gasteiger partial charge in [0.25, 0.3) is 0 Å². The second-order valence-electron chi connectivity index (χ2n) is 12.4. The van der Waals surface area contributed by atoms with Crippen LogP contribution in [0.15, 0.2) is 0 Å². The van der Waals surface area contributed by atoms with E-state index in [-0.39, 0.29) is 0 Å². The highest BCUT2D eigenvalue weighted by Gasteiger charge is 2.50. The van der Waals surface area contributed by atoms with Gasteiger partial charge in [-0.2, -0.15) is 48.8 Å². The van der Waals surface area contributed by atoms with Gasteiger partial charge in [-0.15, -0.1) is 0 Å². The lowest BCUT2D eigenvalue weighted by molar-refractivity contribution is 0.323. The van der Waals surface area contributed by atoms with Crippen LogP contribution in [0.25, 0.3) is 0 Å². The lowest BCUT2D eigenvalue weighted by atomic mass is 9.86. The molecule has 0 N–H and O–H groups in total. The van der Waals surface area contributed by atoms with E-state index in [0.29, 0.717) is 0 Å². The van der Waals surface area contributed by atoms with Crippen LogP contribution in [-0.2, 0) is 0 Å². The summed E-state index contributed by atoms with van der Waals surface area (Å²) in [6, 6.07) is 0. The molecular weight excluding hydrogens is 453 g/mol. The minimum absolute atomic E-state index is 0.743. The van der Waals surface area contributed by atoms with E-state index in [1.807, 2.05) is 0 Å². The van der Waals surface area contributed by atoms with Crippen molar-refractivity contribution < 1.29 is 0 Å². The zero-order valence-electron chi connectivity index (χ0n) is 19.2. The van der Waals surface area contributed by atoms with E-state index >= 15 is 0 Å². The van der Waals surface area contributed by atoms with Gasteiger partial charge < -0.3 is 0 Å². The summed E-state index contributed by atoms with van der Waals surface area (Å²) < 4.78 is 0. The molecule has 176 valence electrons. The number of fused-ring (bicyclic) bond motifs is 6. The fourth-order valence-electron chi connectivity index (χ4n) is 9.40. The molecule has 12 unspecified atom stereocenters. The Morgan fingerprint density at radius 2 is 1.06 bits per heavy atom. The van der Waals surface area contributed by atoms with Gasteiger partial charge in [-0.05, 0) is 148 Å². The smallest absolute Gasteiger partial charge is 0.00811 e. The Kier molecular flexibility index (Phi) is 7.22. The van der Waals surface area contributed by atoms with E-state index in [1.165, 1.54) is 50.0 Å². The van der Waals surface area contributed by atoms with Crippen molar-refractivity contribution in [2.75, 3.05) is 17.3 Å². The van der Waals surface area contributed by atoms with Crippen LogP contribution in [0.1, 0.15) is 77.0 Å². The standard InChI is InChI=1S/C27H44S4/c28-4-1-16-8-23-11-20(16)14-26(23)31-27-15-21-12-24(27)9-18(21)3-6-30-5-2-17-7-22-10-19(17)13-25(22)29/h16-29H,1-15H2. The third-order valence-electron chi connectivity index (χ3n) is 11.0. The van der Waals surface area contributed by atoms with Gasteiger partial charge in [0, 0.05) is 15.7 Å². The molecule has 6 aliphatic rings. The van der Waals surface area contributed by atoms with E-state index in [0.717, 1.165) is 74.8 Å². The molecule has 0 saturated heterocycles. The second kappa shape index (κ2) is 9.81. The van der Waals surface area contributed by atoms with E-state index in [4.69, 9.17) is 12.6 Å². The maximum absolute atomic E-state index is 4.79. The molecule has 0 spiro atoms. The third kappa shape index (κ3) is 4.65. The molecule has 0 aliphatic heterocycles. The molecule has 0 heterocycles. The summed E-state index contributed by atoms with van der Waals surface area (Å²) in [4.78, 5) is 0. The minimum atomic E-state index is 0.743. The molecule has 6 saturated carbocycles. The van der Waals surface area contributed by atoms with Crippen molar-refractivity contribution in [2.24, 2.45) is 53.3 Å². The molecule has 31 heavy (non-hydrogen) atoms. The van der Waals surface area contributed by atoms with Crippen molar-refractivity contribution >= 4 is 48.8 Å². The van der Waals surface area contributed by atoms with E-state index in [9.17, 15) is 0 Å². The number of thiol groups is 2. The zero-order chi connectivity index (χ0) is 20.9. The Labute approximate surface area is 211 Å². The molecule has 0 aromatic rings. The fraction of sp³-hybridized carbons (Fsp3) is 1.00. The van der Waals surface area contributed by atoms with Crippen molar-refractivity contribution in [3.8, 4) is 0 Å². The SMILES string of the molecule is SCCC1CC2CC1CC2SC1CC2CC1CC2CCSCCC1CC2CC1CC2S. The topological polar surface area (TPSA) is 0 Å². The first-order valence-corrected chi connectivity index (χ1v) is 16.9. The van der Waals surface area contributed by atoms with E-state index in [2.05, 4.69) is 36.2 Å². The van der Waals surface area contributed by atoms with Crippen molar-refractivity contribution in [3.05, 3.63) is 0 Å². The molecule has 0 radical (unpaired) electrons. The van der Waals surface area contributed by atoms with Gasteiger partial charge in [-0.1, -0.05) is 0 Å². The molecule has 0 aromatic heterocycles. The summed E-state index contributed by atoms with van der Waals surface area (Å²) in [5.41, 5.74) is 0. The van der Waals surface area contributed by atoms with Crippen LogP contribution in [0, 0.1) is 53.3 Å². The van der Waals surface area contributed by atoms with Crippen LogP contribution in [0.4, 0.5) is 0 Å². The van der Waals surface area contributed by atoms with Crippen molar-refractivity contribution in [1.29, 1.82) is 0 Å². The average Bonchev–Trinajstić information content (AvgIpc) is 3.57. The Balaban J connectivity index is 0.869. The molecule has 6 aliphatic carbocycles. The summed E-state index contributed by atoms with van der Waals surface area (Å²) in [7, 11) is 0. The number of rotatable bonds is 10. The molecule has 0 amide bonds. The molecule has 12 atom stereocenters. The van der Waals surface area contributed by atoms with Gasteiger partial charge in [-0.3, -0.25) is 0 Å². The van der Waals surface area contributed by atoms with Gasteiger partial charge in [0.2, 0.25) is 0 Å². The molecule has 6 fully saturated rings. The van der Waals surface area contributed by atoms with Crippen LogP contribution in [0.5, 0.6) is 0 Å². The highest BCUT2D eigenvalue weighted by atomic mass is 32.2. The summed E-state index contributed by atoms with van der Waals surface area (Å²) in [5, 5.41) is 2.81. The maximum atomic E-state index is 4.79. The average molecular weight is 497 g/mol. The van der Waals surface area contributed by atoms with Gasteiger partial charge in [0.15, 0.2) is 0 Å². The van der Waals surface area contributed by atoms with Crippen LogP contribution in [0.3, 0.4) is 0 Å². The van der Waals surface area contributed by atoms with Crippen LogP contribution >= 0.6 is 48.8 Å². The highest BCUT2D eigenvalue weighted by molar-refractivity contribution is 8.00. The molecular formula is C27H44S4. The van der Waals surface area contributed by atoms with Gasteiger partial charge >= 0.3 is 0 Å². The molecule has 6 rings (SSSR count). The number of thioether (sulfide) groups is 2. The monoisotopic (exact) mass is 496 g/mol. The summed E-state index contributed by atoms with van der Waals surface area (Å²) >= 11 is 14.1. The van der Waals surface area contributed by atoms with E-state index < -0.39 is 0 Å². The van der Waals surface area contributed by atoms with Crippen molar-refractivity contribution in [3.63, 3.8) is 0 Å². The predicted molar refractivity (Wildman–Crippen MR) is 146 cm³/mol. The first-order chi connectivity index (χ1) is 15.2. The largest absolute Gasteiger partial charge is 0.179 e. The maximum Gasteiger partial charge on any atom is 0.00811 e. The molecule has 0 nitrogen and oxygen atoms in total. The molecule has 4 heteroatoms. The summed E-state index contributed by atoms with van der Waals surface area (Å²) in [6.45, 7) is 0. The van der Waals surface area contributed by atoms with Crippen LogP contribution < -0.4 is 0 Å². The first-order valence-electron chi connectivity index (χ1n) is 13.7. The third-order valence-corrected chi connectivity index (χ3v) is 14.8. The minimum Gasteiger partial charge on any atom is -0.179 e. The fourth-order valence-corrected chi connectivity index (χ4v) is 13.4. The predicted octanol–water partition coefficient (Wildman–Crippen LogP) is 7.73. The van der Waals surface area contributed by atoms with Gasteiger partial charge in [0.1, 0.15) is 0 Å². The number of hydrogen-bond donors (Lipinski definition) is 2. The normalized spacial score (nSPS) is 52.1. The Morgan fingerprint density at radius 1 is 0.548 bits per heavy atom. The number of hydrogen-bond acceptors (Lipinski definition) is 4. The van der Waals surface area contributed by atoms with Gasteiger partial charge in [-0.25, -0.2) is 0 Å². The second-order valence-corrected chi connectivity index (χ2v) is 16.3. The quantitative estimate of drug-likeness (QED) is 0.235. The van der Waals surface area contributed by atoms with Crippen molar-refractivity contribution in [2.45, 2.75) is 92.8 Å². The Bertz CT molecular complexity index is 622. The van der Waals surface area contributed by atoms with Crippen LogP contribution in [-0.4, -0.2) is 33.0 Å². The Hall–Kier alpha value is 1.40. The summed E-state index contributed by atoms with van der Waals surface area (Å²) in [5.74, 6) is 13.5. The van der Waals surface area contributed by atoms with E-state index in [1.54, 1.807) is 38.5 Å². The Morgan fingerprint density at radius 3 is 1.52 bits per heavy atom. The molecule has 0 aromatic carbocycles.